The van der Waals surface area contributed by atoms with Crippen molar-refractivity contribution in [3.63, 3.8) is 0 Å². The predicted molar refractivity (Wildman–Crippen MR) is 212 cm³/mol. The number of hydrogen-bond donors (Lipinski definition) is 3. The minimum absolute atomic E-state index is 0.127. The van der Waals surface area contributed by atoms with E-state index in [4.69, 9.17) is 9.84 Å². The largest absolute Gasteiger partial charge is 0.503 e. The van der Waals surface area contributed by atoms with Gasteiger partial charge >= 0.3 is 6.03 Å². The fraction of sp³-hybridized carbons (Fsp3) is 0.452. The van der Waals surface area contributed by atoms with E-state index in [-0.39, 0.29) is 36.4 Å². The van der Waals surface area contributed by atoms with Crippen LogP contribution in [0.5, 0.6) is 5.75 Å². The van der Waals surface area contributed by atoms with Gasteiger partial charge in [0.1, 0.15) is 0 Å². The summed E-state index contributed by atoms with van der Waals surface area (Å²) in [7, 11) is 0. The molecule has 4 aliphatic rings. The third-order valence-electron chi connectivity index (χ3n) is 12.5. The lowest BCUT2D eigenvalue weighted by atomic mass is 9.86. The Bertz CT molecular complexity index is 2430. The monoisotopic (exact) mass is 813 g/mol. The highest BCUT2D eigenvalue weighted by atomic mass is 19.2. The molecule has 3 aliphatic heterocycles. The number of halogens is 3. The van der Waals surface area contributed by atoms with Gasteiger partial charge in [-0.3, -0.25) is 29.4 Å². The van der Waals surface area contributed by atoms with Crippen molar-refractivity contribution in [1.29, 1.82) is 0 Å². The number of phenols is 1. The average Bonchev–Trinajstić information content (AvgIpc) is 3.98. The first-order valence-corrected chi connectivity index (χ1v) is 20.3. The molecule has 6 heterocycles. The van der Waals surface area contributed by atoms with Crippen molar-refractivity contribution in [2.24, 2.45) is 5.92 Å². The van der Waals surface area contributed by atoms with Gasteiger partial charge in [-0.05, 0) is 93.3 Å². The maximum absolute atomic E-state index is 14.2. The molecule has 1 atom stereocenters. The van der Waals surface area contributed by atoms with Crippen molar-refractivity contribution in [3.05, 3.63) is 83.6 Å². The molecule has 9 rings (SSSR count). The molecule has 4 amide bonds. The zero-order valence-corrected chi connectivity index (χ0v) is 32.5. The van der Waals surface area contributed by atoms with E-state index in [1.807, 2.05) is 16.9 Å². The van der Waals surface area contributed by atoms with Crippen molar-refractivity contribution >= 4 is 45.6 Å². The number of aryl methyl sites for hydroxylation is 1. The summed E-state index contributed by atoms with van der Waals surface area (Å²) in [5.74, 6) is -7.24. The molecule has 17 heteroatoms. The third-order valence-corrected chi connectivity index (χ3v) is 12.5. The number of fused-ring (bicyclic) bond motifs is 2. The highest BCUT2D eigenvalue weighted by Crippen LogP contribution is 2.36. The highest BCUT2D eigenvalue weighted by molar-refractivity contribution is 6.07. The number of carbonyl (C=O) groups is 3. The van der Waals surface area contributed by atoms with Crippen molar-refractivity contribution < 1.29 is 37.4 Å². The minimum atomic E-state index is -1.78. The molecule has 1 saturated carbocycles. The van der Waals surface area contributed by atoms with Crippen LogP contribution in [0.3, 0.4) is 0 Å². The number of hydrogen-bond acceptors (Lipinski definition) is 9. The summed E-state index contributed by atoms with van der Waals surface area (Å²) >= 11 is 0. The molecular weight excluding hydrogens is 768 g/mol. The summed E-state index contributed by atoms with van der Waals surface area (Å²) < 4.78 is 52.0. The zero-order valence-electron chi connectivity index (χ0n) is 32.5. The molecule has 3 N–H and O–H groups in total. The molecule has 310 valence electrons. The van der Waals surface area contributed by atoms with Gasteiger partial charge in [0, 0.05) is 69.2 Å². The Balaban J connectivity index is 0.752. The van der Waals surface area contributed by atoms with Crippen molar-refractivity contribution in [2.45, 2.75) is 63.0 Å². The van der Waals surface area contributed by atoms with Gasteiger partial charge in [-0.1, -0.05) is 6.07 Å². The number of carbonyl (C=O) groups excluding carboxylic acids is 3. The molecule has 0 bridgehead atoms. The molecule has 2 aromatic carbocycles. The van der Waals surface area contributed by atoms with Crippen LogP contribution < -0.4 is 20.4 Å². The summed E-state index contributed by atoms with van der Waals surface area (Å²) in [5.41, 5.74) is 3.72. The first kappa shape index (κ1) is 38.8. The quantitative estimate of drug-likeness (QED) is 0.159. The van der Waals surface area contributed by atoms with E-state index in [2.05, 4.69) is 56.0 Å². The maximum Gasteiger partial charge on any atom is 0.328 e. The standard InChI is InChI=1S/C42H46F3N9O5/c43-32-19-31(37(44)38(45)39(32)56)40(57)46-20-26-3-7-29(8-4-26)53-23-28-6-9-30(18-33(28)49-53)51-15-12-42(25-51)24-50(16-17-59-42)13-1-2-27-5-10-34-35(21-47-54(34)22-27)52-14-11-36(55)48-41(52)58/h5-6,9-10,18-19,21-23,26,29,56H,1-4,7-8,11-17,20,24-25H2,(H,46,57)(H,48,55,58)/t26?,29?,42-/m1/s1. The van der Waals surface area contributed by atoms with Gasteiger partial charge in [0.25, 0.3) is 5.91 Å². The fourth-order valence-corrected chi connectivity index (χ4v) is 9.20. The van der Waals surface area contributed by atoms with Crippen LogP contribution in [0.25, 0.3) is 16.4 Å². The molecule has 59 heavy (non-hydrogen) atoms. The van der Waals surface area contributed by atoms with Crippen molar-refractivity contribution in [2.75, 3.05) is 62.2 Å². The van der Waals surface area contributed by atoms with Gasteiger partial charge in [-0.25, -0.2) is 18.1 Å². The molecule has 1 aliphatic carbocycles. The van der Waals surface area contributed by atoms with Crippen LogP contribution in [0.15, 0.2) is 55.0 Å². The first-order chi connectivity index (χ1) is 28.5. The summed E-state index contributed by atoms with van der Waals surface area (Å²) in [4.78, 5) is 42.9. The molecule has 0 unspecified atom stereocenters. The normalized spacial score (nSPS) is 22.8. The fourth-order valence-electron chi connectivity index (χ4n) is 9.20. The summed E-state index contributed by atoms with van der Waals surface area (Å²) in [6, 6.07) is 10.8. The number of nitrogens with one attached hydrogen (secondary N) is 2. The molecule has 4 fully saturated rings. The number of benzene rings is 2. The first-order valence-electron chi connectivity index (χ1n) is 20.3. The second-order valence-corrected chi connectivity index (χ2v) is 16.4. The predicted octanol–water partition coefficient (Wildman–Crippen LogP) is 5.33. The molecule has 3 aromatic heterocycles. The van der Waals surface area contributed by atoms with Crippen molar-refractivity contribution in [3.8, 4) is 5.75 Å². The molecule has 14 nitrogen and oxygen atoms in total. The number of urea groups is 1. The van der Waals surface area contributed by atoms with E-state index in [1.54, 1.807) is 15.6 Å². The summed E-state index contributed by atoms with van der Waals surface area (Å²) in [5, 5.41) is 24.7. The van der Waals surface area contributed by atoms with Gasteiger partial charge in [0.05, 0.1) is 46.7 Å². The molecule has 3 saturated heterocycles. The number of rotatable bonds is 10. The molecular formula is C42H46F3N9O5. The Morgan fingerprint density at radius 3 is 2.68 bits per heavy atom. The van der Waals surface area contributed by atoms with E-state index < -0.39 is 40.7 Å². The van der Waals surface area contributed by atoms with E-state index in [1.165, 1.54) is 0 Å². The van der Waals surface area contributed by atoms with Crippen LogP contribution >= 0.6 is 0 Å². The number of aromatic nitrogens is 4. The zero-order chi connectivity index (χ0) is 40.8. The van der Waals surface area contributed by atoms with Gasteiger partial charge in [-0.2, -0.15) is 14.6 Å². The minimum Gasteiger partial charge on any atom is -0.503 e. The summed E-state index contributed by atoms with van der Waals surface area (Å²) in [6.07, 6.45) is 12.1. The lowest BCUT2D eigenvalue weighted by Gasteiger charge is -2.40. The van der Waals surface area contributed by atoms with E-state index in [0.717, 1.165) is 105 Å². The Labute approximate surface area is 337 Å². The van der Waals surface area contributed by atoms with Crippen molar-refractivity contribution in [1.82, 2.24) is 34.9 Å². The number of ether oxygens (including phenoxy) is 1. The Hall–Kier alpha value is -5.68. The van der Waals surface area contributed by atoms with E-state index >= 15 is 0 Å². The Morgan fingerprint density at radius 2 is 1.85 bits per heavy atom. The average molecular weight is 814 g/mol. The topological polar surface area (TPSA) is 150 Å². The maximum atomic E-state index is 14.2. The molecule has 5 aromatic rings. The molecule has 0 radical (unpaired) electrons. The SMILES string of the molecule is O=C1CCN(c2cnn3cc(CCCN4CCO[C@]5(CCN(c6ccc7cn(C8CCC(CNC(=O)c9cc(F)c(O)c(F)c9F)CC8)nc7c6)C5)C4)ccc23)C(=O)N1. The van der Waals surface area contributed by atoms with E-state index in [0.29, 0.717) is 24.9 Å². The number of nitrogens with zero attached hydrogens (tertiary/aromatic N) is 7. The third kappa shape index (κ3) is 7.80. The second kappa shape index (κ2) is 15.8. The van der Waals surface area contributed by atoms with Crippen LogP contribution in [0.1, 0.15) is 66.9 Å². The van der Waals surface area contributed by atoms with E-state index in [9.17, 15) is 32.7 Å². The van der Waals surface area contributed by atoms with Crippen LogP contribution in [0.2, 0.25) is 0 Å². The number of imide groups is 1. The lowest BCUT2D eigenvalue weighted by Crippen LogP contribution is -2.53. The van der Waals surface area contributed by atoms with Crippen LogP contribution in [0.4, 0.5) is 29.3 Å². The van der Waals surface area contributed by atoms with Gasteiger partial charge in [0.15, 0.2) is 17.4 Å². The van der Waals surface area contributed by atoms with Crippen LogP contribution in [0, 0.1) is 23.4 Å². The number of pyridine rings is 1. The van der Waals surface area contributed by atoms with Gasteiger partial charge < -0.3 is 20.1 Å². The number of aromatic hydroxyl groups is 1. The van der Waals surface area contributed by atoms with Crippen LogP contribution in [-0.2, 0) is 16.0 Å². The smallest absolute Gasteiger partial charge is 0.328 e. The Morgan fingerprint density at radius 1 is 1.00 bits per heavy atom. The number of phenolic OH excluding ortho intramolecular Hbond substituents is 1. The lowest BCUT2D eigenvalue weighted by molar-refractivity contribution is -0.120. The number of amides is 4. The summed E-state index contributed by atoms with van der Waals surface area (Å²) in [6.45, 7) is 5.70. The number of anilines is 2. The van der Waals surface area contributed by atoms with Gasteiger partial charge in [0.2, 0.25) is 11.7 Å². The number of morpholine rings is 1. The highest BCUT2D eigenvalue weighted by Gasteiger charge is 2.43. The van der Waals surface area contributed by atoms with Crippen LogP contribution in [-0.4, -0.2) is 105 Å². The van der Waals surface area contributed by atoms with Gasteiger partial charge in [-0.15, -0.1) is 0 Å². The Kier molecular flexibility index (Phi) is 10.4. The second-order valence-electron chi connectivity index (χ2n) is 16.4. The molecule has 1 spiro atoms.